The summed E-state index contributed by atoms with van der Waals surface area (Å²) in [5.74, 6) is 0. The zero-order valence-electron chi connectivity index (χ0n) is 42.5. The molecule has 15 rings (SSSR count). The minimum absolute atomic E-state index is 0.261. The summed E-state index contributed by atoms with van der Waals surface area (Å²) in [5.41, 5.74) is 25.6. The van der Waals surface area contributed by atoms with Crippen LogP contribution in [0.1, 0.15) is 49.9 Å². The summed E-state index contributed by atoms with van der Waals surface area (Å²) >= 11 is 0. The van der Waals surface area contributed by atoms with Gasteiger partial charge in [0.05, 0.1) is 22.1 Å². The maximum absolute atomic E-state index is 2.49. The fourth-order valence-electron chi connectivity index (χ4n) is 13.1. The van der Waals surface area contributed by atoms with Crippen molar-refractivity contribution in [2.45, 2.75) is 38.5 Å². The Bertz CT molecular complexity index is 4400. The molecule has 2 aliphatic rings. The van der Waals surface area contributed by atoms with Crippen molar-refractivity contribution >= 4 is 60.7 Å². The lowest BCUT2D eigenvalue weighted by molar-refractivity contribution is 0.659. The van der Waals surface area contributed by atoms with Crippen molar-refractivity contribution in [1.29, 1.82) is 0 Å². The van der Waals surface area contributed by atoms with Gasteiger partial charge in [0.25, 0.3) is 0 Å². The predicted octanol–water partition coefficient (Wildman–Crippen LogP) is 19.3. The second-order valence-electron chi connectivity index (χ2n) is 21.7. The van der Waals surface area contributed by atoms with Gasteiger partial charge in [-0.05, 0) is 164 Å². The highest BCUT2D eigenvalue weighted by molar-refractivity contribution is 6.12. The van der Waals surface area contributed by atoms with Crippen LogP contribution in [0.3, 0.4) is 0 Å². The third-order valence-corrected chi connectivity index (χ3v) is 16.9. The number of rotatable bonds is 7. The Balaban J connectivity index is 0.866. The Morgan fingerprint density at radius 1 is 0.267 bits per heavy atom. The van der Waals surface area contributed by atoms with Crippen molar-refractivity contribution in [2.24, 2.45) is 0 Å². The Labute approximate surface area is 437 Å². The van der Waals surface area contributed by atoms with Crippen LogP contribution in [0.15, 0.2) is 249 Å². The van der Waals surface area contributed by atoms with E-state index in [2.05, 4.69) is 290 Å². The van der Waals surface area contributed by atoms with Gasteiger partial charge in [0.1, 0.15) is 0 Å². The lowest BCUT2D eigenvalue weighted by atomic mass is 9.81. The highest BCUT2D eigenvalue weighted by Crippen LogP contribution is 2.55. The van der Waals surface area contributed by atoms with Crippen LogP contribution in [0.4, 0.5) is 17.1 Å². The zero-order valence-corrected chi connectivity index (χ0v) is 42.5. The number of fused-ring (bicyclic) bond motifs is 12. The predicted molar refractivity (Wildman–Crippen MR) is 316 cm³/mol. The molecule has 0 unspecified atom stereocenters. The number of nitrogens with zero attached hydrogens (tertiary/aromatic N) is 3. The minimum atomic E-state index is -0.262. The topological polar surface area (TPSA) is 13.1 Å². The molecule has 75 heavy (non-hydrogen) atoms. The molecule has 0 aliphatic heterocycles. The SMILES string of the molecule is CC1(C)c2cc(N(c3ccc(-c4cccc(-c5ccccc5)c4)cc3)c3ccc4c(c3)C(C)(C)c3cc5c(cc3-4)c3ccccc3n5-c3ccccc3)ccc2-c2ccc(-n3c4ccccc4c4ccccc43)cc21. The molecule has 356 valence electrons. The van der Waals surface area contributed by atoms with Crippen molar-refractivity contribution in [3.05, 3.63) is 271 Å². The van der Waals surface area contributed by atoms with Crippen molar-refractivity contribution in [3.8, 4) is 55.9 Å². The van der Waals surface area contributed by atoms with Gasteiger partial charge < -0.3 is 14.0 Å². The Hall–Kier alpha value is -9.18. The first-order valence-electron chi connectivity index (χ1n) is 26.3. The molecule has 0 radical (unpaired) electrons. The van der Waals surface area contributed by atoms with E-state index in [0.717, 1.165) is 17.1 Å². The average Bonchev–Trinajstić information content (AvgIpc) is 4.11. The van der Waals surface area contributed by atoms with Crippen molar-refractivity contribution < 1.29 is 0 Å². The van der Waals surface area contributed by atoms with Crippen LogP contribution >= 0.6 is 0 Å². The van der Waals surface area contributed by atoms with E-state index in [1.165, 1.54) is 122 Å². The Kier molecular flexibility index (Phi) is 9.35. The molecule has 2 aromatic heterocycles. The van der Waals surface area contributed by atoms with E-state index in [4.69, 9.17) is 0 Å². The monoisotopic (exact) mass is 959 g/mol. The van der Waals surface area contributed by atoms with Gasteiger partial charge in [-0.1, -0.05) is 179 Å². The zero-order chi connectivity index (χ0) is 50.2. The lowest BCUT2D eigenvalue weighted by Crippen LogP contribution is -2.18. The van der Waals surface area contributed by atoms with Crippen molar-refractivity contribution in [2.75, 3.05) is 4.90 Å². The molecule has 2 heterocycles. The van der Waals surface area contributed by atoms with Gasteiger partial charge in [0.2, 0.25) is 0 Å². The summed E-state index contributed by atoms with van der Waals surface area (Å²) in [4.78, 5) is 2.49. The van der Waals surface area contributed by atoms with E-state index in [1.807, 2.05) is 0 Å². The van der Waals surface area contributed by atoms with E-state index in [9.17, 15) is 0 Å². The summed E-state index contributed by atoms with van der Waals surface area (Å²) in [6.45, 7) is 9.63. The molecule has 3 heteroatoms. The number of para-hydroxylation sites is 4. The highest BCUT2D eigenvalue weighted by atomic mass is 15.1. The van der Waals surface area contributed by atoms with Crippen LogP contribution < -0.4 is 4.90 Å². The quantitative estimate of drug-likeness (QED) is 0.155. The average molecular weight is 960 g/mol. The fourth-order valence-corrected chi connectivity index (χ4v) is 13.1. The Morgan fingerprint density at radius 2 is 0.693 bits per heavy atom. The van der Waals surface area contributed by atoms with Crippen LogP contribution in [-0.2, 0) is 10.8 Å². The van der Waals surface area contributed by atoms with E-state index in [-0.39, 0.29) is 10.8 Å². The number of hydrogen-bond acceptors (Lipinski definition) is 1. The fraction of sp³-hybridized carbons (Fsp3) is 0.0833. The van der Waals surface area contributed by atoms with Gasteiger partial charge in [0, 0.05) is 60.8 Å². The van der Waals surface area contributed by atoms with Gasteiger partial charge >= 0.3 is 0 Å². The molecule has 0 spiro atoms. The van der Waals surface area contributed by atoms with E-state index in [1.54, 1.807) is 0 Å². The molecule has 0 atom stereocenters. The first-order valence-corrected chi connectivity index (χ1v) is 26.3. The number of benzene rings is 11. The first-order chi connectivity index (χ1) is 36.7. The van der Waals surface area contributed by atoms with Crippen molar-refractivity contribution in [3.63, 3.8) is 0 Å². The summed E-state index contributed by atoms with van der Waals surface area (Å²) in [5, 5.41) is 5.10. The third kappa shape index (κ3) is 6.47. The van der Waals surface area contributed by atoms with Crippen LogP contribution in [0.25, 0.3) is 99.5 Å². The number of hydrogen-bond donors (Lipinski definition) is 0. The number of anilines is 3. The van der Waals surface area contributed by atoms with Crippen LogP contribution in [0.5, 0.6) is 0 Å². The van der Waals surface area contributed by atoms with E-state index in [0.29, 0.717) is 0 Å². The largest absolute Gasteiger partial charge is 0.310 e. The van der Waals surface area contributed by atoms with E-state index < -0.39 is 0 Å². The highest BCUT2D eigenvalue weighted by Gasteiger charge is 2.39. The molecular weight excluding hydrogens is 907 g/mol. The molecule has 11 aromatic carbocycles. The van der Waals surface area contributed by atoms with Gasteiger partial charge in [-0.3, -0.25) is 0 Å². The Morgan fingerprint density at radius 3 is 1.28 bits per heavy atom. The smallest absolute Gasteiger partial charge is 0.0544 e. The van der Waals surface area contributed by atoms with Gasteiger partial charge in [-0.25, -0.2) is 0 Å². The molecule has 13 aromatic rings. The summed E-state index contributed by atoms with van der Waals surface area (Å²) < 4.78 is 4.88. The molecule has 0 saturated carbocycles. The maximum Gasteiger partial charge on any atom is 0.0544 e. The minimum Gasteiger partial charge on any atom is -0.310 e. The molecule has 0 saturated heterocycles. The third-order valence-electron chi connectivity index (χ3n) is 16.9. The molecular formula is C72H53N3. The normalized spacial score (nSPS) is 13.8. The molecule has 0 bridgehead atoms. The molecule has 0 N–H and O–H groups in total. The first kappa shape index (κ1) is 43.4. The molecule has 0 amide bonds. The number of aromatic nitrogens is 2. The summed E-state index contributed by atoms with van der Waals surface area (Å²) in [7, 11) is 0. The summed E-state index contributed by atoms with van der Waals surface area (Å²) in [6.07, 6.45) is 0. The van der Waals surface area contributed by atoms with Gasteiger partial charge in [-0.2, -0.15) is 0 Å². The molecule has 3 nitrogen and oxygen atoms in total. The van der Waals surface area contributed by atoms with Gasteiger partial charge in [-0.15, -0.1) is 0 Å². The van der Waals surface area contributed by atoms with E-state index >= 15 is 0 Å². The second kappa shape index (κ2) is 16.2. The maximum atomic E-state index is 2.49. The van der Waals surface area contributed by atoms with Crippen LogP contribution in [0, 0.1) is 0 Å². The van der Waals surface area contributed by atoms with Crippen LogP contribution in [-0.4, -0.2) is 9.13 Å². The second-order valence-corrected chi connectivity index (χ2v) is 21.7. The lowest BCUT2D eigenvalue weighted by Gasteiger charge is -2.30. The standard InChI is InChI=1S/C72H53N3/c1-71(2)63-41-52(34-37-55(63)56-38-36-54(43-64(56)71)75-67-27-14-11-24-58(67)59-25-12-15-28-68(59)75)73(51-32-30-47(31-33-51)49-21-17-20-48(40-49)46-18-7-5-8-19-46)53-35-39-57-61-44-62-60-26-13-16-29-69(60)74(50-22-9-6-10-23-50)70(62)45-66(61)72(3,4)65(57)42-53/h5-45H,1-4H3. The van der Waals surface area contributed by atoms with Crippen LogP contribution in [0.2, 0.25) is 0 Å². The van der Waals surface area contributed by atoms with Crippen molar-refractivity contribution in [1.82, 2.24) is 9.13 Å². The van der Waals surface area contributed by atoms with Gasteiger partial charge in [0.15, 0.2) is 0 Å². The molecule has 0 fully saturated rings. The summed E-state index contributed by atoms with van der Waals surface area (Å²) in [6, 6.07) is 92.5. The molecule has 2 aliphatic carbocycles.